The molecule has 5 nitrogen and oxygen atoms in total. The highest BCUT2D eigenvalue weighted by molar-refractivity contribution is 5.18. The SMILES string of the molecule is CC(C)(C)n1ncnc1CN1CCC[C@@H]1C[C@@H](O)c1ccc(F)cc1. The Labute approximate surface area is 148 Å². The zero-order valence-electron chi connectivity index (χ0n) is 15.2. The molecule has 136 valence electrons. The number of rotatable bonds is 5. The van der Waals surface area contributed by atoms with Crippen LogP contribution in [0.3, 0.4) is 0 Å². The van der Waals surface area contributed by atoms with Gasteiger partial charge >= 0.3 is 0 Å². The van der Waals surface area contributed by atoms with E-state index < -0.39 is 6.10 Å². The Morgan fingerprint density at radius 3 is 2.68 bits per heavy atom. The third-order valence-electron chi connectivity index (χ3n) is 4.85. The lowest BCUT2D eigenvalue weighted by atomic mass is 10.0. The number of aliphatic hydroxyl groups is 1. The zero-order valence-corrected chi connectivity index (χ0v) is 15.2. The van der Waals surface area contributed by atoms with Gasteiger partial charge < -0.3 is 5.11 Å². The summed E-state index contributed by atoms with van der Waals surface area (Å²) in [6.07, 6.45) is 3.85. The van der Waals surface area contributed by atoms with E-state index in [0.717, 1.165) is 37.3 Å². The summed E-state index contributed by atoms with van der Waals surface area (Å²) < 4.78 is 15.0. The van der Waals surface area contributed by atoms with Crippen molar-refractivity contribution in [1.29, 1.82) is 0 Å². The highest BCUT2D eigenvalue weighted by Crippen LogP contribution is 2.29. The molecule has 1 aromatic carbocycles. The van der Waals surface area contributed by atoms with Gasteiger partial charge in [0.25, 0.3) is 0 Å². The van der Waals surface area contributed by atoms with E-state index in [2.05, 4.69) is 35.8 Å². The number of hydrogen-bond acceptors (Lipinski definition) is 4. The molecule has 1 aliphatic heterocycles. The second-order valence-corrected chi connectivity index (χ2v) is 7.83. The van der Waals surface area contributed by atoms with Crippen LogP contribution in [0.1, 0.15) is 57.5 Å². The molecule has 1 saturated heterocycles. The summed E-state index contributed by atoms with van der Waals surface area (Å²) in [7, 11) is 0. The molecule has 0 spiro atoms. The predicted octanol–water partition coefficient (Wildman–Crippen LogP) is 3.26. The number of aliphatic hydroxyl groups excluding tert-OH is 1. The Bertz CT molecular complexity index is 692. The van der Waals surface area contributed by atoms with Crippen LogP contribution in [-0.4, -0.2) is 37.4 Å². The molecule has 0 bridgehead atoms. The van der Waals surface area contributed by atoms with E-state index in [4.69, 9.17) is 0 Å². The van der Waals surface area contributed by atoms with Crippen LogP contribution < -0.4 is 0 Å². The lowest BCUT2D eigenvalue weighted by Crippen LogP contribution is -2.34. The number of benzene rings is 1. The van der Waals surface area contributed by atoms with E-state index in [1.54, 1.807) is 18.5 Å². The van der Waals surface area contributed by atoms with Crippen molar-refractivity contribution in [3.63, 3.8) is 0 Å². The van der Waals surface area contributed by atoms with Crippen molar-refractivity contribution in [1.82, 2.24) is 19.7 Å². The van der Waals surface area contributed by atoms with Crippen LogP contribution in [0.15, 0.2) is 30.6 Å². The summed E-state index contributed by atoms with van der Waals surface area (Å²) in [6, 6.07) is 6.42. The molecule has 0 saturated carbocycles. The molecule has 2 heterocycles. The van der Waals surface area contributed by atoms with Crippen molar-refractivity contribution in [3.05, 3.63) is 47.8 Å². The van der Waals surface area contributed by atoms with Crippen LogP contribution in [0, 0.1) is 5.82 Å². The molecular formula is C19H27FN4O. The standard InChI is InChI=1S/C19H27FN4O/c1-19(2,3)24-18(21-13-22-24)12-23-10-4-5-16(23)11-17(25)14-6-8-15(20)9-7-14/h6-9,13,16-17,25H,4-5,10-12H2,1-3H3/t16-,17-/m1/s1. The van der Waals surface area contributed by atoms with Gasteiger partial charge in [0, 0.05) is 6.04 Å². The molecule has 0 unspecified atom stereocenters. The topological polar surface area (TPSA) is 54.2 Å². The number of nitrogens with zero attached hydrogens (tertiary/aromatic N) is 4. The summed E-state index contributed by atoms with van der Waals surface area (Å²) >= 11 is 0. The van der Waals surface area contributed by atoms with Crippen LogP contribution in [0.25, 0.3) is 0 Å². The molecule has 3 rings (SSSR count). The first-order valence-corrected chi connectivity index (χ1v) is 8.91. The van der Waals surface area contributed by atoms with Crippen molar-refractivity contribution in [3.8, 4) is 0 Å². The maximum Gasteiger partial charge on any atom is 0.141 e. The molecular weight excluding hydrogens is 319 g/mol. The van der Waals surface area contributed by atoms with Crippen LogP contribution in [-0.2, 0) is 12.1 Å². The molecule has 25 heavy (non-hydrogen) atoms. The summed E-state index contributed by atoms with van der Waals surface area (Å²) in [4.78, 5) is 6.81. The van der Waals surface area contributed by atoms with Crippen molar-refractivity contribution in [2.45, 2.75) is 64.3 Å². The summed E-state index contributed by atoms with van der Waals surface area (Å²) in [5, 5.41) is 14.9. The molecule has 0 amide bonds. The number of halogens is 1. The smallest absolute Gasteiger partial charge is 0.141 e. The number of likely N-dealkylation sites (tertiary alicyclic amines) is 1. The van der Waals surface area contributed by atoms with Gasteiger partial charge in [0.1, 0.15) is 18.0 Å². The Hall–Kier alpha value is -1.79. The predicted molar refractivity (Wildman–Crippen MR) is 94.4 cm³/mol. The van der Waals surface area contributed by atoms with Gasteiger partial charge in [0.2, 0.25) is 0 Å². The Morgan fingerprint density at radius 2 is 2.00 bits per heavy atom. The van der Waals surface area contributed by atoms with Gasteiger partial charge in [-0.1, -0.05) is 12.1 Å². The molecule has 2 aromatic rings. The third kappa shape index (κ3) is 4.25. The normalized spacial score (nSPS) is 20.1. The van der Waals surface area contributed by atoms with Crippen LogP contribution in [0.2, 0.25) is 0 Å². The van der Waals surface area contributed by atoms with E-state index in [1.807, 2.05) is 4.68 Å². The molecule has 1 N–H and O–H groups in total. The number of aromatic nitrogens is 3. The van der Waals surface area contributed by atoms with Crippen LogP contribution >= 0.6 is 0 Å². The second kappa shape index (κ2) is 7.22. The molecule has 1 aliphatic rings. The maximum atomic E-state index is 13.1. The summed E-state index contributed by atoms with van der Waals surface area (Å²) in [5.41, 5.74) is 0.667. The van der Waals surface area contributed by atoms with Crippen LogP contribution in [0.5, 0.6) is 0 Å². The lowest BCUT2D eigenvalue weighted by Gasteiger charge is -2.28. The molecule has 2 atom stereocenters. The molecule has 6 heteroatoms. The molecule has 1 aromatic heterocycles. The first-order chi connectivity index (χ1) is 11.8. The van der Waals surface area contributed by atoms with Gasteiger partial charge in [-0.05, 0) is 64.3 Å². The molecule has 1 fully saturated rings. The quantitative estimate of drug-likeness (QED) is 0.903. The third-order valence-corrected chi connectivity index (χ3v) is 4.85. The van der Waals surface area contributed by atoms with Crippen molar-refractivity contribution >= 4 is 0 Å². The van der Waals surface area contributed by atoms with E-state index in [-0.39, 0.29) is 11.4 Å². The van der Waals surface area contributed by atoms with Crippen LogP contribution in [0.4, 0.5) is 4.39 Å². The minimum Gasteiger partial charge on any atom is -0.388 e. The Kier molecular flexibility index (Phi) is 5.20. The Morgan fingerprint density at radius 1 is 1.28 bits per heavy atom. The molecule has 0 aliphatic carbocycles. The monoisotopic (exact) mass is 346 g/mol. The fourth-order valence-corrected chi connectivity index (χ4v) is 3.56. The molecule has 0 radical (unpaired) electrons. The largest absolute Gasteiger partial charge is 0.388 e. The minimum atomic E-state index is -0.577. The Balaban J connectivity index is 1.67. The van der Waals surface area contributed by atoms with Crippen molar-refractivity contribution in [2.75, 3.05) is 6.54 Å². The van der Waals surface area contributed by atoms with Gasteiger partial charge in [-0.2, -0.15) is 5.10 Å². The van der Waals surface area contributed by atoms with E-state index in [9.17, 15) is 9.50 Å². The number of hydrogen-bond donors (Lipinski definition) is 1. The van der Waals surface area contributed by atoms with E-state index in [1.165, 1.54) is 12.1 Å². The average molecular weight is 346 g/mol. The van der Waals surface area contributed by atoms with Gasteiger partial charge in [0.05, 0.1) is 18.2 Å². The van der Waals surface area contributed by atoms with Crippen molar-refractivity contribution in [2.24, 2.45) is 0 Å². The average Bonchev–Trinajstić information content (AvgIpc) is 3.18. The second-order valence-electron chi connectivity index (χ2n) is 7.83. The first-order valence-electron chi connectivity index (χ1n) is 8.91. The fourth-order valence-electron chi connectivity index (χ4n) is 3.56. The maximum absolute atomic E-state index is 13.1. The van der Waals surface area contributed by atoms with Gasteiger partial charge in [-0.15, -0.1) is 0 Å². The lowest BCUT2D eigenvalue weighted by molar-refractivity contribution is 0.115. The fraction of sp³-hybridized carbons (Fsp3) is 0.579. The van der Waals surface area contributed by atoms with E-state index >= 15 is 0 Å². The highest BCUT2D eigenvalue weighted by Gasteiger charge is 2.29. The minimum absolute atomic E-state index is 0.103. The highest BCUT2D eigenvalue weighted by atomic mass is 19.1. The first kappa shape index (κ1) is 18.0. The van der Waals surface area contributed by atoms with Crippen molar-refractivity contribution < 1.29 is 9.50 Å². The summed E-state index contributed by atoms with van der Waals surface area (Å²) in [5.74, 6) is 0.677. The van der Waals surface area contributed by atoms with E-state index in [0.29, 0.717) is 12.5 Å². The van der Waals surface area contributed by atoms with Gasteiger partial charge in [0.15, 0.2) is 0 Å². The van der Waals surface area contributed by atoms with Gasteiger partial charge in [-0.3, -0.25) is 4.90 Å². The zero-order chi connectivity index (χ0) is 18.0. The summed E-state index contributed by atoms with van der Waals surface area (Å²) in [6.45, 7) is 8.08. The van der Waals surface area contributed by atoms with Gasteiger partial charge in [-0.25, -0.2) is 14.1 Å².